The van der Waals surface area contributed by atoms with Crippen LogP contribution in [0.1, 0.15) is 20.8 Å². The molecule has 1 heterocycles. The lowest BCUT2D eigenvalue weighted by atomic mass is 10.1. The highest BCUT2D eigenvalue weighted by molar-refractivity contribution is 6.74. The molecule has 0 aliphatic rings. The van der Waals surface area contributed by atoms with E-state index in [0.29, 0.717) is 5.82 Å². The number of rotatable bonds is 3. The van der Waals surface area contributed by atoms with Gasteiger partial charge in [-0.1, -0.05) is 32.9 Å². The Labute approximate surface area is 128 Å². The Balaban J connectivity index is 2.23. The van der Waals surface area contributed by atoms with E-state index in [-0.39, 0.29) is 5.04 Å². The van der Waals surface area contributed by atoms with E-state index in [1.165, 1.54) is 0 Å². The Hall–Kier alpha value is -1.81. The number of nitrogens with two attached hydrogens (primary N) is 1. The molecule has 3 nitrogen and oxygen atoms in total. The van der Waals surface area contributed by atoms with Gasteiger partial charge in [0.1, 0.15) is 11.6 Å². The van der Waals surface area contributed by atoms with Crippen LogP contribution in [-0.2, 0) is 0 Å². The van der Waals surface area contributed by atoms with E-state index in [1.807, 2.05) is 36.4 Å². The van der Waals surface area contributed by atoms with Gasteiger partial charge in [0.2, 0.25) is 8.32 Å². The maximum atomic E-state index is 6.28. The highest BCUT2D eigenvalue weighted by Crippen LogP contribution is 2.37. The average molecular weight is 300 g/mol. The van der Waals surface area contributed by atoms with Crippen molar-refractivity contribution in [3.05, 3.63) is 42.6 Å². The van der Waals surface area contributed by atoms with Gasteiger partial charge in [0.05, 0.1) is 0 Å². The number of anilines is 1. The molecule has 1 aromatic carbocycles. The summed E-state index contributed by atoms with van der Waals surface area (Å²) in [6, 6.07) is 12.0. The first-order valence-electron chi connectivity index (χ1n) is 7.21. The zero-order valence-electron chi connectivity index (χ0n) is 13.5. The van der Waals surface area contributed by atoms with Gasteiger partial charge in [0.15, 0.2) is 0 Å². The van der Waals surface area contributed by atoms with Gasteiger partial charge in [-0.15, -0.1) is 0 Å². The number of aromatic nitrogens is 1. The third kappa shape index (κ3) is 3.45. The summed E-state index contributed by atoms with van der Waals surface area (Å²) < 4.78 is 6.28. The van der Waals surface area contributed by atoms with Crippen LogP contribution < -0.4 is 10.2 Å². The normalized spacial score (nSPS) is 12.2. The Morgan fingerprint density at radius 1 is 1.05 bits per heavy atom. The summed E-state index contributed by atoms with van der Waals surface area (Å²) >= 11 is 0. The third-order valence-electron chi connectivity index (χ3n) is 4.18. The number of hydrogen-bond donors (Lipinski definition) is 1. The molecule has 2 rings (SSSR count). The number of hydrogen-bond acceptors (Lipinski definition) is 3. The van der Waals surface area contributed by atoms with Crippen LogP contribution in [0, 0.1) is 0 Å². The molecule has 112 valence electrons. The molecule has 0 unspecified atom stereocenters. The van der Waals surface area contributed by atoms with Crippen LogP contribution in [0.3, 0.4) is 0 Å². The van der Waals surface area contributed by atoms with Crippen molar-refractivity contribution in [2.75, 3.05) is 5.73 Å². The van der Waals surface area contributed by atoms with E-state index in [0.717, 1.165) is 16.9 Å². The Morgan fingerprint density at radius 2 is 1.67 bits per heavy atom. The minimum atomic E-state index is -1.79. The van der Waals surface area contributed by atoms with Gasteiger partial charge < -0.3 is 10.2 Å². The molecule has 0 fully saturated rings. The predicted molar refractivity (Wildman–Crippen MR) is 91.9 cm³/mol. The largest absolute Gasteiger partial charge is 0.544 e. The standard InChI is InChI=1S/C17H24N2OSi/c1-17(2,3)21(4,5)20-14-10-8-13(9-11-14)15-7-6-12-19-16(15)18/h6-12H,1-5H3,(H2,18,19). The van der Waals surface area contributed by atoms with E-state index >= 15 is 0 Å². The van der Waals surface area contributed by atoms with Gasteiger partial charge in [-0.25, -0.2) is 4.98 Å². The molecule has 0 bridgehead atoms. The SMILES string of the molecule is CC(C)(C)[Si](C)(C)Oc1ccc(-c2cccnc2N)cc1. The van der Waals surface area contributed by atoms with Gasteiger partial charge >= 0.3 is 0 Å². The van der Waals surface area contributed by atoms with Crippen molar-refractivity contribution in [2.24, 2.45) is 0 Å². The molecular formula is C17H24N2OSi. The van der Waals surface area contributed by atoms with E-state index in [2.05, 4.69) is 38.8 Å². The molecule has 0 saturated heterocycles. The second-order valence-electron chi connectivity index (χ2n) is 6.82. The first kappa shape index (κ1) is 15.6. The Morgan fingerprint density at radius 3 is 2.19 bits per heavy atom. The molecule has 1 aromatic heterocycles. The lowest BCUT2D eigenvalue weighted by molar-refractivity contribution is 0.492. The van der Waals surface area contributed by atoms with Crippen LogP contribution in [0.15, 0.2) is 42.6 Å². The molecule has 0 atom stereocenters. The average Bonchev–Trinajstić information content (AvgIpc) is 2.39. The van der Waals surface area contributed by atoms with Crippen molar-refractivity contribution in [1.29, 1.82) is 0 Å². The fourth-order valence-corrected chi connectivity index (χ4v) is 2.84. The third-order valence-corrected chi connectivity index (χ3v) is 8.54. The number of nitrogen functional groups attached to an aromatic ring is 1. The molecule has 0 radical (unpaired) electrons. The summed E-state index contributed by atoms with van der Waals surface area (Å²) in [6.45, 7) is 11.2. The van der Waals surface area contributed by atoms with Crippen molar-refractivity contribution in [2.45, 2.75) is 38.9 Å². The van der Waals surface area contributed by atoms with Crippen LogP contribution in [-0.4, -0.2) is 13.3 Å². The second-order valence-corrected chi connectivity index (χ2v) is 11.5. The smallest absolute Gasteiger partial charge is 0.250 e. The molecular weight excluding hydrogens is 276 g/mol. The molecule has 0 aliphatic heterocycles. The molecule has 0 saturated carbocycles. The summed E-state index contributed by atoms with van der Waals surface area (Å²) in [4.78, 5) is 4.12. The Bertz CT molecular complexity index is 615. The van der Waals surface area contributed by atoms with Gasteiger partial charge in [-0.05, 0) is 48.0 Å². The van der Waals surface area contributed by atoms with Crippen LogP contribution in [0.25, 0.3) is 11.1 Å². The summed E-state index contributed by atoms with van der Waals surface area (Å²) in [7, 11) is -1.79. The van der Waals surface area contributed by atoms with Crippen molar-refractivity contribution >= 4 is 14.1 Å². The number of nitrogens with zero attached hydrogens (tertiary/aromatic N) is 1. The molecule has 21 heavy (non-hydrogen) atoms. The lowest BCUT2D eigenvalue weighted by Gasteiger charge is -2.36. The first-order valence-corrected chi connectivity index (χ1v) is 10.1. The quantitative estimate of drug-likeness (QED) is 0.835. The summed E-state index contributed by atoms with van der Waals surface area (Å²) in [5, 5.41) is 0.194. The van der Waals surface area contributed by atoms with Gasteiger partial charge in [-0.3, -0.25) is 0 Å². The predicted octanol–water partition coefficient (Wildman–Crippen LogP) is 4.71. The molecule has 0 amide bonds. The maximum Gasteiger partial charge on any atom is 0.250 e. The molecule has 0 aliphatic carbocycles. The number of pyridine rings is 1. The molecule has 4 heteroatoms. The fourth-order valence-electron chi connectivity index (χ4n) is 1.81. The molecule has 0 spiro atoms. The monoisotopic (exact) mass is 300 g/mol. The highest BCUT2D eigenvalue weighted by Gasteiger charge is 2.38. The van der Waals surface area contributed by atoms with E-state index < -0.39 is 8.32 Å². The van der Waals surface area contributed by atoms with Crippen molar-refractivity contribution in [3.8, 4) is 16.9 Å². The summed E-state index contributed by atoms with van der Waals surface area (Å²) in [6.07, 6.45) is 1.70. The van der Waals surface area contributed by atoms with E-state index in [4.69, 9.17) is 10.2 Å². The molecule has 2 N–H and O–H groups in total. The second kappa shape index (κ2) is 5.52. The fraction of sp³-hybridized carbons (Fsp3) is 0.353. The van der Waals surface area contributed by atoms with Crippen LogP contribution in [0.2, 0.25) is 18.1 Å². The summed E-state index contributed by atoms with van der Waals surface area (Å²) in [5.74, 6) is 1.48. The highest BCUT2D eigenvalue weighted by atomic mass is 28.4. The lowest BCUT2D eigenvalue weighted by Crippen LogP contribution is -2.43. The van der Waals surface area contributed by atoms with Crippen LogP contribution in [0.5, 0.6) is 5.75 Å². The van der Waals surface area contributed by atoms with E-state index in [1.54, 1.807) is 6.20 Å². The zero-order chi connectivity index (χ0) is 15.7. The maximum absolute atomic E-state index is 6.28. The zero-order valence-corrected chi connectivity index (χ0v) is 14.5. The van der Waals surface area contributed by atoms with E-state index in [9.17, 15) is 0 Å². The first-order chi connectivity index (χ1) is 9.71. The summed E-state index contributed by atoms with van der Waals surface area (Å²) in [5.41, 5.74) is 7.93. The van der Waals surface area contributed by atoms with Gasteiger partial charge in [0, 0.05) is 11.8 Å². The van der Waals surface area contributed by atoms with Gasteiger partial charge in [0.25, 0.3) is 0 Å². The minimum Gasteiger partial charge on any atom is -0.544 e. The number of benzene rings is 1. The van der Waals surface area contributed by atoms with Crippen molar-refractivity contribution in [1.82, 2.24) is 4.98 Å². The van der Waals surface area contributed by atoms with Crippen LogP contribution >= 0.6 is 0 Å². The molecule has 2 aromatic rings. The minimum absolute atomic E-state index is 0.194. The van der Waals surface area contributed by atoms with Crippen molar-refractivity contribution in [3.63, 3.8) is 0 Å². The van der Waals surface area contributed by atoms with Crippen molar-refractivity contribution < 1.29 is 4.43 Å². The topological polar surface area (TPSA) is 48.1 Å². The van der Waals surface area contributed by atoms with Gasteiger partial charge in [-0.2, -0.15) is 0 Å². The van der Waals surface area contributed by atoms with Crippen LogP contribution in [0.4, 0.5) is 5.82 Å². The Kier molecular flexibility index (Phi) is 4.10.